The molecule has 2 aliphatic rings. The van der Waals surface area contributed by atoms with Crippen molar-refractivity contribution in [2.24, 2.45) is 10.8 Å². The quantitative estimate of drug-likeness (QED) is 0.687. The number of rotatable bonds is 6. The van der Waals surface area contributed by atoms with Crippen molar-refractivity contribution in [1.29, 1.82) is 0 Å². The molecule has 2 fully saturated rings. The molecule has 0 aliphatic heterocycles. The van der Waals surface area contributed by atoms with Crippen LogP contribution in [-0.2, 0) is 9.84 Å². The average molecular weight is 349 g/mol. The van der Waals surface area contributed by atoms with Gasteiger partial charge in [0, 0.05) is 24.9 Å². The summed E-state index contributed by atoms with van der Waals surface area (Å²) in [4.78, 5) is 4.91. The summed E-state index contributed by atoms with van der Waals surface area (Å²) in [7, 11) is 0.277. The maximum Gasteiger partial charge on any atom is 0.186 e. The van der Waals surface area contributed by atoms with Gasteiger partial charge in [0.15, 0.2) is 9.84 Å². The molecule has 0 radical (unpaired) electrons. The lowest BCUT2D eigenvalue weighted by molar-refractivity contribution is 0.489. The molecule has 0 aromatic carbocycles. The lowest BCUT2D eigenvalue weighted by atomic mass is 10.1. The highest BCUT2D eigenvalue weighted by Crippen LogP contribution is 2.48. The number of hydrogen-bond acceptors (Lipinski definition) is 4. The van der Waals surface area contributed by atoms with Gasteiger partial charge in [0.05, 0.1) is 9.98 Å². The van der Waals surface area contributed by atoms with E-state index in [1.165, 1.54) is 0 Å². The molecule has 0 unspecified atom stereocenters. The van der Waals surface area contributed by atoms with Crippen molar-refractivity contribution in [3.05, 3.63) is 0 Å². The molecule has 7 heteroatoms. The molecule has 0 N–H and O–H groups in total. The zero-order valence-electron chi connectivity index (χ0n) is 13.2. The lowest BCUT2D eigenvalue weighted by Gasteiger charge is -2.27. The first-order valence-electron chi connectivity index (χ1n) is 7.21. The SMILES string of the molecule is CN(CS(=O)(=O)CN(C)C(=S)C1(C)CC1)C(=S)C1(C)CC1. The minimum absolute atomic E-state index is 0.0301. The van der Waals surface area contributed by atoms with Crippen LogP contribution in [0, 0.1) is 10.8 Å². The molecule has 0 bridgehead atoms. The van der Waals surface area contributed by atoms with Gasteiger partial charge in [0.25, 0.3) is 0 Å². The molecule has 4 nitrogen and oxygen atoms in total. The molecule has 0 heterocycles. The Morgan fingerprint density at radius 3 is 1.43 bits per heavy atom. The van der Waals surface area contributed by atoms with E-state index >= 15 is 0 Å². The fourth-order valence-electron chi connectivity index (χ4n) is 2.47. The monoisotopic (exact) mass is 348 g/mol. The lowest BCUT2D eigenvalue weighted by Crippen LogP contribution is -2.41. The highest BCUT2D eigenvalue weighted by Gasteiger charge is 2.45. The van der Waals surface area contributed by atoms with Crippen molar-refractivity contribution in [1.82, 2.24) is 9.80 Å². The van der Waals surface area contributed by atoms with Crippen LogP contribution in [0.3, 0.4) is 0 Å². The summed E-state index contributed by atoms with van der Waals surface area (Å²) < 4.78 is 24.7. The Kier molecular flexibility index (Phi) is 4.41. The summed E-state index contributed by atoms with van der Waals surface area (Å²) in [6.45, 7) is 4.18. The van der Waals surface area contributed by atoms with Gasteiger partial charge in [0.1, 0.15) is 11.8 Å². The Hall–Kier alpha value is -0.270. The van der Waals surface area contributed by atoms with Gasteiger partial charge < -0.3 is 9.80 Å². The fourth-order valence-corrected chi connectivity index (χ4v) is 4.69. The van der Waals surface area contributed by atoms with E-state index in [0.717, 1.165) is 35.7 Å². The smallest absolute Gasteiger partial charge is 0.186 e. The molecule has 21 heavy (non-hydrogen) atoms. The third-order valence-corrected chi connectivity index (χ3v) is 7.68. The molecular weight excluding hydrogens is 324 g/mol. The summed E-state index contributed by atoms with van der Waals surface area (Å²) in [5.41, 5.74) is 0.0601. The van der Waals surface area contributed by atoms with Gasteiger partial charge in [0.2, 0.25) is 0 Å². The van der Waals surface area contributed by atoms with Crippen LogP contribution in [0.1, 0.15) is 39.5 Å². The molecular formula is C14H24N2O2S3. The van der Waals surface area contributed by atoms with E-state index in [2.05, 4.69) is 13.8 Å². The molecule has 0 aromatic heterocycles. The highest BCUT2D eigenvalue weighted by molar-refractivity contribution is 7.91. The first-order valence-corrected chi connectivity index (χ1v) is 9.85. The standard InChI is InChI=1S/C14H24N2O2S3/c1-13(5-6-13)11(19)15(3)9-21(17,18)10-16(4)12(20)14(2)7-8-14/h5-10H2,1-4H3. The Bertz CT molecular complexity index is 519. The summed E-state index contributed by atoms with van der Waals surface area (Å²) >= 11 is 10.8. The van der Waals surface area contributed by atoms with Crippen LogP contribution in [-0.4, -0.2) is 54.0 Å². The second-order valence-electron chi connectivity index (χ2n) is 7.13. The zero-order valence-corrected chi connectivity index (χ0v) is 15.6. The van der Waals surface area contributed by atoms with Crippen LogP contribution >= 0.6 is 24.4 Å². The summed E-state index contributed by atoms with van der Waals surface area (Å²) in [6, 6.07) is 0. The Morgan fingerprint density at radius 1 is 0.905 bits per heavy atom. The Balaban J connectivity index is 1.92. The van der Waals surface area contributed by atoms with Crippen molar-refractivity contribution >= 4 is 44.3 Å². The van der Waals surface area contributed by atoms with Crippen LogP contribution in [0.2, 0.25) is 0 Å². The second kappa shape index (κ2) is 5.42. The largest absolute Gasteiger partial charge is 0.355 e. The van der Waals surface area contributed by atoms with Crippen LogP contribution in [0.4, 0.5) is 0 Å². The van der Waals surface area contributed by atoms with E-state index in [9.17, 15) is 8.42 Å². The maximum atomic E-state index is 12.4. The fraction of sp³-hybridized carbons (Fsp3) is 0.857. The van der Waals surface area contributed by atoms with Crippen LogP contribution in [0.25, 0.3) is 0 Å². The number of thiocarbonyl (C=S) groups is 2. The van der Waals surface area contributed by atoms with Crippen molar-refractivity contribution in [2.75, 3.05) is 25.8 Å². The zero-order chi connectivity index (χ0) is 16.1. The molecule has 2 rings (SSSR count). The van der Waals surface area contributed by atoms with Crippen molar-refractivity contribution in [3.8, 4) is 0 Å². The van der Waals surface area contributed by atoms with E-state index < -0.39 is 9.84 Å². The van der Waals surface area contributed by atoms with Crippen molar-refractivity contribution in [2.45, 2.75) is 39.5 Å². The van der Waals surface area contributed by atoms with E-state index in [1.807, 2.05) is 0 Å². The number of nitrogens with zero attached hydrogens (tertiary/aromatic N) is 2. The molecule has 0 saturated heterocycles. The number of hydrogen-bond donors (Lipinski definition) is 0. The Labute approximate surface area is 138 Å². The van der Waals surface area contributed by atoms with E-state index in [0.29, 0.717) is 0 Å². The third-order valence-electron chi connectivity index (χ3n) is 4.51. The van der Waals surface area contributed by atoms with Crippen LogP contribution < -0.4 is 0 Å². The molecule has 0 spiro atoms. The highest BCUT2D eigenvalue weighted by atomic mass is 32.2. The van der Waals surface area contributed by atoms with Crippen LogP contribution in [0.15, 0.2) is 0 Å². The Morgan fingerprint density at radius 2 is 1.19 bits per heavy atom. The molecule has 2 aliphatic carbocycles. The third kappa shape index (κ3) is 3.93. The van der Waals surface area contributed by atoms with Gasteiger partial charge in [-0.15, -0.1) is 0 Å². The van der Waals surface area contributed by atoms with E-state index in [1.54, 1.807) is 23.9 Å². The van der Waals surface area contributed by atoms with Gasteiger partial charge >= 0.3 is 0 Å². The van der Waals surface area contributed by atoms with Gasteiger partial charge in [-0.2, -0.15) is 0 Å². The predicted molar refractivity (Wildman–Crippen MR) is 94.1 cm³/mol. The minimum atomic E-state index is -3.26. The second-order valence-corrected chi connectivity index (χ2v) is 9.91. The normalized spacial score (nSPS) is 21.5. The summed E-state index contributed by atoms with van der Waals surface area (Å²) in [6.07, 6.45) is 4.22. The first kappa shape index (κ1) is 17.1. The summed E-state index contributed by atoms with van der Waals surface area (Å²) in [5, 5.41) is 0. The topological polar surface area (TPSA) is 40.6 Å². The van der Waals surface area contributed by atoms with Gasteiger partial charge in [-0.1, -0.05) is 38.3 Å². The van der Waals surface area contributed by atoms with Crippen molar-refractivity contribution < 1.29 is 8.42 Å². The maximum absolute atomic E-state index is 12.4. The van der Waals surface area contributed by atoms with Gasteiger partial charge in [-0.25, -0.2) is 8.42 Å². The number of sulfone groups is 1. The summed E-state index contributed by atoms with van der Waals surface area (Å²) in [5.74, 6) is -0.0732. The van der Waals surface area contributed by atoms with Gasteiger partial charge in [-0.3, -0.25) is 0 Å². The predicted octanol–water partition coefficient (Wildman–Crippen LogP) is 2.43. The molecule has 0 aromatic rings. The molecule has 0 amide bonds. The molecule has 2 saturated carbocycles. The minimum Gasteiger partial charge on any atom is -0.355 e. The average Bonchev–Trinajstić information content (AvgIpc) is 3.27. The van der Waals surface area contributed by atoms with E-state index in [-0.39, 0.29) is 22.6 Å². The van der Waals surface area contributed by atoms with Crippen LogP contribution in [0.5, 0.6) is 0 Å². The first-order chi connectivity index (χ1) is 9.49. The molecule has 0 atom stereocenters. The molecule has 120 valence electrons. The van der Waals surface area contributed by atoms with E-state index in [4.69, 9.17) is 24.4 Å². The van der Waals surface area contributed by atoms with Crippen molar-refractivity contribution in [3.63, 3.8) is 0 Å². The van der Waals surface area contributed by atoms with Gasteiger partial charge in [-0.05, 0) is 25.7 Å².